The van der Waals surface area contributed by atoms with Gasteiger partial charge in [-0.1, -0.05) is 12.1 Å². The van der Waals surface area contributed by atoms with E-state index in [0.717, 1.165) is 16.8 Å². The van der Waals surface area contributed by atoms with Crippen LogP contribution in [0.25, 0.3) is 0 Å². The quantitative estimate of drug-likeness (QED) is 0.916. The van der Waals surface area contributed by atoms with Gasteiger partial charge in [-0.25, -0.2) is 4.39 Å². The molecule has 1 N–H and O–H groups in total. The molecule has 2 atom stereocenters. The van der Waals surface area contributed by atoms with Crippen molar-refractivity contribution in [1.29, 1.82) is 0 Å². The van der Waals surface area contributed by atoms with Crippen LogP contribution in [0, 0.1) is 5.82 Å². The van der Waals surface area contributed by atoms with Crippen LogP contribution in [-0.4, -0.2) is 21.9 Å². The number of hydrogen-bond acceptors (Lipinski definition) is 4. The molecule has 0 bridgehead atoms. The third-order valence-corrected chi connectivity index (χ3v) is 4.15. The number of aromatic nitrogens is 1. The molecule has 3 nitrogen and oxygen atoms in total. The van der Waals surface area contributed by atoms with E-state index in [-0.39, 0.29) is 5.56 Å². The Bertz CT molecular complexity index is 593. The van der Waals surface area contributed by atoms with Gasteiger partial charge in [0.15, 0.2) is 0 Å². The molecule has 1 aromatic carbocycles. The number of pyridine rings is 1. The van der Waals surface area contributed by atoms with E-state index in [1.54, 1.807) is 11.8 Å². The number of nitrogens with zero attached hydrogens (tertiary/aromatic N) is 1. The van der Waals surface area contributed by atoms with E-state index in [9.17, 15) is 9.50 Å². The highest BCUT2D eigenvalue weighted by Gasteiger charge is 2.29. The second-order valence-electron chi connectivity index (χ2n) is 4.26. The largest absolute Gasteiger partial charge is 0.485 e. The normalized spacial score (nSPS) is 19.4. The number of fused-ring (bicyclic) bond motifs is 1. The first-order chi connectivity index (χ1) is 9.25. The third kappa shape index (κ3) is 2.43. The lowest BCUT2D eigenvalue weighted by Crippen LogP contribution is -2.30. The van der Waals surface area contributed by atoms with E-state index < -0.39 is 18.0 Å². The van der Waals surface area contributed by atoms with Gasteiger partial charge in [-0.2, -0.15) is 0 Å². The average Bonchev–Trinajstić information content (AvgIpc) is 2.46. The van der Waals surface area contributed by atoms with Gasteiger partial charge in [0.05, 0.1) is 6.20 Å². The topological polar surface area (TPSA) is 42.4 Å². The Morgan fingerprint density at radius 2 is 2.21 bits per heavy atom. The van der Waals surface area contributed by atoms with Crippen LogP contribution in [0.5, 0.6) is 5.75 Å². The smallest absolute Gasteiger partial charge is 0.147 e. The van der Waals surface area contributed by atoms with Gasteiger partial charge in [0.25, 0.3) is 0 Å². The summed E-state index contributed by atoms with van der Waals surface area (Å²) in [4.78, 5) is 4.72. The molecule has 0 saturated carbocycles. The molecule has 1 aliphatic rings. The van der Waals surface area contributed by atoms with E-state index in [0.29, 0.717) is 5.75 Å². The van der Waals surface area contributed by atoms with Crippen LogP contribution in [0.1, 0.15) is 11.7 Å². The molecule has 1 aliphatic heterocycles. The van der Waals surface area contributed by atoms with Crippen molar-refractivity contribution in [2.45, 2.75) is 17.1 Å². The van der Waals surface area contributed by atoms with Crippen LogP contribution in [0.3, 0.4) is 0 Å². The van der Waals surface area contributed by atoms with Crippen LogP contribution in [0.4, 0.5) is 4.39 Å². The molecule has 0 amide bonds. The Kier molecular flexibility index (Phi) is 3.40. The standard InChI is InChI=1S/C14H12FNO2S/c15-10-7-16-6-5-9(10)14(17)12-8-19-13-4-2-1-3-11(13)18-12/h1-7,12,14,17H,8H2. The van der Waals surface area contributed by atoms with Crippen molar-refractivity contribution < 1.29 is 14.2 Å². The second kappa shape index (κ2) is 5.19. The molecule has 5 heteroatoms. The predicted octanol–water partition coefficient (Wildman–Crippen LogP) is 2.81. The minimum Gasteiger partial charge on any atom is -0.485 e. The molecule has 2 aromatic rings. The summed E-state index contributed by atoms with van der Waals surface area (Å²) in [7, 11) is 0. The lowest BCUT2D eigenvalue weighted by Gasteiger charge is -2.29. The van der Waals surface area contributed by atoms with E-state index in [2.05, 4.69) is 4.98 Å². The first-order valence-corrected chi connectivity index (χ1v) is 6.90. The highest BCUT2D eigenvalue weighted by Crippen LogP contribution is 2.38. The van der Waals surface area contributed by atoms with E-state index in [1.807, 2.05) is 24.3 Å². The number of aliphatic hydroxyl groups is 1. The zero-order valence-corrected chi connectivity index (χ0v) is 10.8. The molecule has 19 heavy (non-hydrogen) atoms. The summed E-state index contributed by atoms with van der Waals surface area (Å²) in [5.41, 5.74) is 0.222. The highest BCUT2D eigenvalue weighted by molar-refractivity contribution is 7.99. The van der Waals surface area contributed by atoms with Crippen molar-refractivity contribution >= 4 is 11.8 Å². The van der Waals surface area contributed by atoms with Crippen molar-refractivity contribution in [1.82, 2.24) is 4.98 Å². The van der Waals surface area contributed by atoms with Crippen LogP contribution in [0.15, 0.2) is 47.6 Å². The maximum Gasteiger partial charge on any atom is 0.147 e. The first-order valence-electron chi connectivity index (χ1n) is 5.91. The minimum absolute atomic E-state index is 0.222. The number of benzene rings is 1. The van der Waals surface area contributed by atoms with Crippen LogP contribution in [-0.2, 0) is 0 Å². The molecule has 2 unspecified atom stereocenters. The van der Waals surface area contributed by atoms with Gasteiger partial charge in [0.1, 0.15) is 23.8 Å². The summed E-state index contributed by atoms with van der Waals surface area (Å²) in [5, 5.41) is 10.2. The van der Waals surface area contributed by atoms with Crippen LogP contribution in [0.2, 0.25) is 0 Å². The van der Waals surface area contributed by atoms with Crippen molar-refractivity contribution in [2.24, 2.45) is 0 Å². The SMILES string of the molecule is OC(c1ccncc1F)C1CSc2ccccc2O1. The van der Waals surface area contributed by atoms with Crippen molar-refractivity contribution in [2.75, 3.05) is 5.75 Å². The van der Waals surface area contributed by atoms with Gasteiger partial charge in [0, 0.05) is 22.4 Å². The summed E-state index contributed by atoms with van der Waals surface area (Å²) in [5.74, 6) is 0.805. The number of rotatable bonds is 2. The summed E-state index contributed by atoms with van der Waals surface area (Å²) < 4.78 is 19.4. The third-order valence-electron chi connectivity index (χ3n) is 3.01. The van der Waals surface area contributed by atoms with Gasteiger partial charge < -0.3 is 9.84 Å². The second-order valence-corrected chi connectivity index (χ2v) is 5.32. The maximum atomic E-state index is 13.6. The number of para-hydroxylation sites is 1. The van der Waals surface area contributed by atoms with E-state index in [1.165, 1.54) is 12.3 Å². The summed E-state index contributed by atoms with van der Waals surface area (Å²) >= 11 is 1.60. The molecular formula is C14H12FNO2S. The fourth-order valence-corrected chi connectivity index (χ4v) is 3.04. The summed E-state index contributed by atoms with van der Waals surface area (Å²) in [6.45, 7) is 0. The summed E-state index contributed by atoms with van der Waals surface area (Å²) in [6, 6.07) is 9.12. The average molecular weight is 277 g/mol. The number of hydrogen-bond donors (Lipinski definition) is 1. The maximum absolute atomic E-state index is 13.6. The lowest BCUT2D eigenvalue weighted by atomic mass is 10.1. The number of halogens is 1. The van der Waals surface area contributed by atoms with Gasteiger partial charge in [-0.15, -0.1) is 11.8 Å². The minimum atomic E-state index is -0.996. The number of aliphatic hydroxyl groups excluding tert-OH is 1. The Hall–Kier alpha value is -1.59. The Morgan fingerprint density at radius 3 is 3.05 bits per heavy atom. The van der Waals surface area contributed by atoms with Gasteiger partial charge >= 0.3 is 0 Å². The zero-order chi connectivity index (χ0) is 13.2. The fraction of sp³-hybridized carbons (Fsp3) is 0.214. The van der Waals surface area contributed by atoms with E-state index >= 15 is 0 Å². The fourth-order valence-electron chi connectivity index (χ4n) is 2.02. The molecule has 98 valence electrons. The lowest BCUT2D eigenvalue weighted by molar-refractivity contribution is 0.0432. The number of ether oxygens (including phenoxy) is 1. The Morgan fingerprint density at radius 1 is 1.37 bits per heavy atom. The Balaban J connectivity index is 1.83. The molecule has 0 saturated heterocycles. The monoisotopic (exact) mass is 277 g/mol. The highest BCUT2D eigenvalue weighted by atomic mass is 32.2. The van der Waals surface area contributed by atoms with Crippen LogP contribution < -0.4 is 4.74 Å². The molecule has 2 heterocycles. The van der Waals surface area contributed by atoms with E-state index in [4.69, 9.17) is 4.74 Å². The predicted molar refractivity (Wildman–Crippen MR) is 70.7 cm³/mol. The number of thioether (sulfide) groups is 1. The zero-order valence-electron chi connectivity index (χ0n) is 9.99. The van der Waals surface area contributed by atoms with Crippen LogP contribution >= 0.6 is 11.8 Å². The molecular weight excluding hydrogens is 265 g/mol. The van der Waals surface area contributed by atoms with Crippen molar-refractivity contribution in [3.63, 3.8) is 0 Å². The molecule has 0 fully saturated rings. The van der Waals surface area contributed by atoms with Crippen molar-refractivity contribution in [3.05, 3.63) is 54.1 Å². The first kappa shape index (κ1) is 12.4. The molecule has 1 aromatic heterocycles. The molecule has 0 spiro atoms. The van der Waals surface area contributed by atoms with Gasteiger partial charge in [-0.05, 0) is 18.2 Å². The van der Waals surface area contributed by atoms with Crippen molar-refractivity contribution in [3.8, 4) is 5.75 Å². The van der Waals surface area contributed by atoms with Gasteiger partial charge in [-0.3, -0.25) is 4.98 Å². The molecule has 3 rings (SSSR count). The summed E-state index contributed by atoms with van der Waals surface area (Å²) in [6.07, 6.45) is 1.11. The molecule has 0 radical (unpaired) electrons. The Labute approximate surface area is 114 Å². The van der Waals surface area contributed by atoms with Gasteiger partial charge in [0.2, 0.25) is 0 Å². The molecule has 0 aliphatic carbocycles.